The molecular formula is C15H18N2O2S. The van der Waals surface area contributed by atoms with Gasteiger partial charge in [-0.1, -0.05) is 19.9 Å². The van der Waals surface area contributed by atoms with E-state index in [1.807, 2.05) is 28.8 Å². The van der Waals surface area contributed by atoms with E-state index < -0.39 is 0 Å². The first kappa shape index (κ1) is 13.5. The number of nitrogens with zero attached hydrogens (tertiary/aromatic N) is 1. The Bertz CT molecular complexity index is 563. The number of fused-ring (bicyclic) bond motifs is 1. The smallest absolute Gasteiger partial charge is 0.254 e. The number of amides is 2. The van der Waals surface area contributed by atoms with Gasteiger partial charge in [-0.2, -0.15) is 11.8 Å². The molecule has 1 aromatic rings. The number of carbonyl (C=O) groups is 2. The van der Waals surface area contributed by atoms with Crippen LogP contribution in [-0.2, 0) is 11.2 Å². The molecule has 0 radical (unpaired) electrons. The molecule has 0 aliphatic carbocycles. The molecule has 2 heterocycles. The van der Waals surface area contributed by atoms with Crippen LogP contribution in [0.25, 0.3) is 0 Å². The third-order valence-electron chi connectivity index (χ3n) is 3.69. The number of carbonyl (C=O) groups excluding carboxylic acids is 2. The number of benzene rings is 1. The van der Waals surface area contributed by atoms with E-state index in [2.05, 4.69) is 19.2 Å². The number of hydrogen-bond donors (Lipinski definition) is 1. The predicted molar refractivity (Wildman–Crippen MR) is 81.2 cm³/mol. The standard InChI is InChI=1S/C15H18N2O2S/c1-9-7-17(8-10(2)20-9)15(19)12-4-3-11-6-14(18)16-13(11)5-12/h3-5,9-10H,6-8H2,1-2H3,(H,16,18). The van der Waals surface area contributed by atoms with Crippen LogP contribution in [0.2, 0.25) is 0 Å². The zero-order valence-electron chi connectivity index (χ0n) is 11.7. The van der Waals surface area contributed by atoms with Crippen LogP contribution < -0.4 is 5.32 Å². The SMILES string of the molecule is CC1CN(C(=O)c2ccc3c(c2)NC(=O)C3)CC(C)S1. The molecular weight excluding hydrogens is 272 g/mol. The van der Waals surface area contributed by atoms with E-state index in [1.54, 1.807) is 6.07 Å². The molecule has 2 aliphatic rings. The first-order valence-electron chi connectivity index (χ1n) is 6.90. The Morgan fingerprint density at radius 3 is 2.70 bits per heavy atom. The normalized spacial score (nSPS) is 25.3. The first-order valence-corrected chi connectivity index (χ1v) is 7.84. The minimum absolute atomic E-state index is 0.00113. The molecule has 20 heavy (non-hydrogen) atoms. The molecule has 2 aliphatic heterocycles. The lowest BCUT2D eigenvalue weighted by Gasteiger charge is -2.34. The molecule has 1 saturated heterocycles. The van der Waals surface area contributed by atoms with E-state index in [9.17, 15) is 9.59 Å². The molecule has 4 nitrogen and oxygen atoms in total. The van der Waals surface area contributed by atoms with Gasteiger partial charge in [0, 0.05) is 34.8 Å². The molecule has 1 fully saturated rings. The molecule has 0 bridgehead atoms. The monoisotopic (exact) mass is 290 g/mol. The highest BCUT2D eigenvalue weighted by molar-refractivity contribution is 8.00. The van der Waals surface area contributed by atoms with Crippen molar-refractivity contribution in [3.8, 4) is 0 Å². The van der Waals surface area contributed by atoms with Gasteiger partial charge in [-0.25, -0.2) is 0 Å². The molecule has 1 aromatic carbocycles. The second-order valence-electron chi connectivity index (χ2n) is 5.56. The van der Waals surface area contributed by atoms with E-state index in [0.29, 0.717) is 22.5 Å². The third kappa shape index (κ3) is 2.54. The lowest BCUT2D eigenvalue weighted by molar-refractivity contribution is -0.115. The van der Waals surface area contributed by atoms with Gasteiger partial charge in [0.1, 0.15) is 0 Å². The maximum absolute atomic E-state index is 12.6. The zero-order chi connectivity index (χ0) is 14.3. The molecule has 2 amide bonds. The highest BCUT2D eigenvalue weighted by Gasteiger charge is 2.27. The molecule has 106 valence electrons. The van der Waals surface area contributed by atoms with Gasteiger partial charge in [-0.15, -0.1) is 0 Å². The Kier molecular flexibility index (Phi) is 3.46. The van der Waals surface area contributed by atoms with Gasteiger partial charge >= 0.3 is 0 Å². The Labute approximate surface area is 122 Å². The van der Waals surface area contributed by atoms with E-state index >= 15 is 0 Å². The van der Waals surface area contributed by atoms with Crippen molar-refractivity contribution in [3.63, 3.8) is 0 Å². The van der Waals surface area contributed by atoms with Crippen LogP contribution in [0.5, 0.6) is 0 Å². The topological polar surface area (TPSA) is 49.4 Å². The van der Waals surface area contributed by atoms with Crippen LogP contribution in [0.3, 0.4) is 0 Å². The van der Waals surface area contributed by atoms with Gasteiger partial charge in [0.05, 0.1) is 6.42 Å². The fourth-order valence-electron chi connectivity index (χ4n) is 2.87. The van der Waals surface area contributed by atoms with Crippen LogP contribution in [0.15, 0.2) is 18.2 Å². The van der Waals surface area contributed by atoms with Gasteiger partial charge in [0.15, 0.2) is 0 Å². The molecule has 0 saturated carbocycles. The van der Waals surface area contributed by atoms with Crippen LogP contribution >= 0.6 is 11.8 Å². The van der Waals surface area contributed by atoms with E-state index in [0.717, 1.165) is 24.3 Å². The summed E-state index contributed by atoms with van der Waals surface area (Å²) in [6.45, 7) is 5.89. The van der Waals surface area contributed by atoms with Crippen LogP contribution in [0.4, 0.5) is 5.69 Å². The fourth-order valence-corrected chi connectivity index (χ4v) is 4.20. The number of anilines is 1. The number of rotatable bonds is 1. The Hall–Kier alpha value is -1.49. The van der Waals surface area contributed by atoms with Crippen molar-refractivity contribution in [2.75, 3.05) is 18.4 Å². The third-order valence-corrected chi connectivity index (χ3v) is 4.92. The quantitative estimate of drug-likeness (QED) is 0.862. The minimum Gasteiger partial charge on any atom is -0.336 e. The highest BCUT2D eigenvalue weighted by Crippen LogP contribution is 2.28. The van der Waals surface area contributed by atoms with Crippen molar-refractivity contribution >= 4 is 29.3 Å². The largest absolute Gasteiger partial charge is 0.336 e. The summed E-state index contributed by atoms with van der Waals surface area (Å²) in [6.07, 6.45) is 0.415. The highest BCUT2D eigenvalue weighted by atomic mass is 32.2. The van der Waals surface area contributed by atoms with Crippen molar-refractivity contribution < 1.29 is 9.59 Å². The van der Waals surface area contributed by atoms with Crippen LogP contribution in [-0.4, -0.2) is 40.3 Å². The van der Waals surface area contributed by atoms with E-state index in [-0.39, 0.29) is 11.8 Å². The summed E-state index contributed by atoms with van der Waals surface area (Å²) in [4.78, 5) is 25.9. The molecule has 2 unspecified atom stereocenters. The molecule has 5 heteroatoms. The maximum Gasteiger partial charge on any atom is 0.254 e. The van der Waals surface area contributed by atoms with E-state index in [4.69, 9.17) is 0 Å². The molecule has 0 spiro atoms. The summed E-state index contributed by atoms with van der Waals surface area (Å²) in [6, 6.07) is 5.52. The Balaban J connectivity index is 1.81. The summed E-state index contributed by atoms with van der Waals surface area (Å²) >= 11 is 1.93. The lowest BCUT2D eigenvalue weighted by atomic mass is 10.1. The average Bonchev–Trinajstić information content (AvgIpc) is 2.75. The predicted octanol–water partition coefficient (Wildman–Crippen LogP) is 2.15. The summed E-state index contributed by atoms with van der Waals surface area (Å²) in [7, 11) is 0. The van der Waals surface area contributed by atoms with Gasteiger partial charge in [-0.3, -0.25) is 9.59 Å². The summed E-state index contributed by atoms with van der Waals surface area (Å²) in [5.41, 5.74) is 2.42. The molecule has 3 rings (SSSR count). The number of hydrogen-bond acceptors (Lipinski definition) is 3. The number of nitrogens with one attached hydrogen (secondary N) is 1. The summed E-state index contributed by atoms with van der Waals surface area (Å²) < 4.78 is 0. The first-order chi connectivity index (χ1) is 9.52. The maximum atomic E-state index is 12.6. The van der Waals surface area contributed by atoms with Crippen molar-refractivity contribution in [3.05, 3.63) is 29.3 Å². The second-order valence-corrected chi connectivity index (χ2v) is 7.45. The zero-order valence-corrected chi connectivity index (χ0v) is 12.5. The van der Waals surface area contributed by atoms with Gasteiger partial charge in [0.2, 0.25) is 5.91 Å². The average molecular weight is 290 g/mol. The van der Waals surface area contributed by atoms with Crippen LogP contribution in [0.1, 0.15) is 29.8 Å². The minimum atomic E-state index is 0.00113. The van der Waals surface area contributed by atoms with Crippen molar-refractivity contribution in [2.24, 2.45) is 0 Å². The van der Waals surface area contributed by atoms with Crippen molar-refractivity contribution in [1.82, 2.24) is 4.90 Å². The van der Waals surface area contributed by atoms with Crippen molar-refractivity contribution in [1.29, 1.82) is 0 Å². The number of thioether (sulfide) groups is 1. The van der Waals surface area contributed by atoms with Gasteiger partial charge in [0.25, 0.3) is 5.91 Å². The molecule has 0 aromatic heterocycles. The molecule has 2 atom stereocenters. The van der Waals surface area contributed by atoms with Gasteiger partial charge < -0.3 is 10.2 Å². The van der Waals surface area contributed by atoms with Crippen LogP contribution in [0, 0.1) is 0 Å². The van der Waals surface area contributed by atoms with Crippen molar-refractivity contribution in [2.45, 2.75) is 30.8 Å². The fraction of sp³-hybridized carbons (Fsp3) is 0.467. The molecule has 1 N–H and O–H groups in total. The van der Waals surface area contributed by atoms with E-state index in [1.165, 1.54) is 0 Å². The summed E-state index contributed by atoms with van der Waals surface area (Å²) in [5.74, 6) is 0.0640. The lowest BCUT2D eigenvalue weighted by Crippen LogP contribution is -2.44. The Morgan fingerprint density at radius 1 is 1.30 bits per heavy atom. The Morgan fingerprint density at radius 2 is 2.00 bits per heavy atom. The summed E-state index contributed by atoms with van der Waals surface area (Å²) in [5, 5.41) is 3.74. The second kappa shape index (κ2) is 5.13. The van der Waals surface area contributed by atoms with Gasteiger partial charge in [-0.05, 0) is 17.7 Å².